The number of ether oxygens (including phenoxy) is 2. The molecule has 0 bridgehead atoms. The molecule has 0 aliphatic carbocycles. The summed E-state index contributed by atoms with van der Waals surface area (Å²) in [6.07, 6.45) is 0.0659. The number of rotatable bonds is 7. The van der Waals surface area contributed by atoms with Gasteiger partial charge in [-0.05, 0) is 19.9 Å². The quantitative estimate of drug-likeness (QED) is 0.768. The summed E-state index contributed by atoms with van der Waals surface area (Å²) in [6.45, 7) is 6.44. The van der Waals surface area contributed by atoms with E-state index >= 15 is 0 Å². The Balaban J connectivity index is 2.12. The van der Waals surface area contributed by atoms with E-state index in [-0.39, 0.29) is 18.3 Å². The Morgan fingerprint density at radius 1 is 1.30 bits per heavy atom. The van der Waals surface area contributed by atoms with Crippen molar-refractivity contribution in [1.29, 1.82) is 0 Å². The summed E-state index contributed by atoms with van der Waals surface area (Å²) in [5.74, 6) is 0.340. The highest BCUT2D eigenvalue weighted by atomic mass is 16.5. The van der Waals surface area contributed by atoms with Crippen LogP contribution in [0, 0.1) is 0 Å². The van der Waals surface area contributed by atoms with E-state index in [2.05, 4.69) is 5.32 Å². The molecule has 2 rings (SSSR count). The van der Waals surface area contributed by atoms with Crippen molar-refractivity contribution < 1.29 is 19.1 Å². The fourth-order valence-corrected chi connectivity index (χ4v) is 2.70. The summed E-state index contributed by atoms with van der Waals surface area (Å²) in [7, 11) is 0. The van der Waals surface area contributed by atoms with Crippen molar-refractivity contribution in [2.24, 2.45) is 0 Å². The van der Waals surface area contributed by atoms with E-state index in [1.807, 2.05) is 36.1 Å². The third-order valence-electron chi connectivity index (χ3n) is 3.75. The second-order valence-electron chi connectivity index (χ2n) is 5.33. The lowest BCUT2D eigenvalue weighted by molar-refractivity contribution is -0.148. The molecule has 1 N–H and O–H groups in total. The van der Waals surface area contributed by atoms with Crippen molar-refractivity contribution >= 4 is 11.9 Å². The molecule has 6 heteroatoms. The number of amides is 1. The lowest BCUT2D eigenvalue weighted by Gasteiger charge is -2.34. The largest absolute Gasteiger partial charge is 0.494 e. The fraction of sp³-hybridized carbons (Fsp3) is 0.529. The first kappa shape index (κ1) is 17.3. The van der Waals surface area contributed by atoms with Crippen LogP contribution in [0.4, 0.5) is 0 Å². The average molecular weight is 320 g/mol. The highest BCUT2D eigenvalue weighted by Crippen LogP contribution is 2.22. The first-order valence-electron chi connectivity index (χ1n) is 8.03. The molecule has 0 spiro atoms. The van der Waals surface area contributed by atoms with Crippen LogP contribution in [0.15, 0.2) is 24.3 Å². The summed E-state index contributed by atoms with van der Waals surface area (Å²) in [6, 6.07) is 7.27. The van der Waals surface area contributed by atoms with E-state index in [0.29, 0.717) is 32.8 Å². The first-order chi connectivity index (χ1) is 11.2. The molecule has 1 amide bonds. The Hall–Kier alpha value is -2.08. The Bertz CT molecular complexity index is 547. The number of hydrogen-bond donors (Lipinski definition) is 1. The molecule has 0 radical (unpaired) electrons. The van der Waals surface area contributed by atoms with Crippen LogP contribution in [0.1, 0.15) is 25.8 Å². The van der Waals surface area contributed by atoms with Gasteiger partial charge >= 0.3 is 5.97 Å². The molecule has 0 saturated carbocycles. The third-order valence-corrected chi connectivity index (χ3v) is 3.75. The zero-order valence-electron chi connectivity index (χ0n) is 13.7. The molecule has 6 nitrogen and oxygen atoms in total. The summed E-state index contributed by atoms with van der Waals surface area (Å²) in [5, 5.41) is 2.82. The number of para-hydroxylation sites is 1. The topological polar surface area (TPSA) is 67.9 Å². The van der Waals surface area contributed by atoms with Crippen LogP contribution in [0.5, 0.6) is 5.75 Å². The highest BCUT2D eigenvalue weighted by Gasteiger charge is 2.32. The van der Waals surface area contributed by atoms with Crippen LogP contribution in [-0.4, -0.2) is 49.1 Å². The number of esters is 1. The fourth-order valence-electron chi connectivity index (χ4n) is 2.70. The van der Waals surface area contributed by atoms with Gasteiger partial charge < -0.3 is 14.8 Å². The monoisotopic (exact) mass is 320 g/mol. The summed E-state index contributed by atoms with van der Waals surface area (Å²) >= 11 is 0. The Morgan fingerprint density at radius 3 is 2.83 bits per heavy atom. The van der Waals surface area contributed by atoms with Crippen molar-refractivity contribution in [3.8, 4) is 5.75 Å². The Kier molecular flexibility index (Phi) is 6.40. The number of carbonyl (C=O) groups is 2. The summed E-state index contributed by atoms with van der Waals surface area (Å²) in [5.41, 5.74) is 1.01. The molecule has 1 aromatic rings. The molecule has 1 heterocycles. The van der Waals surface area contributed by atoms with E-state index in [9.17, 15) is 9.59 Å². The van der Waals surface area contributed by atoms with Gasteiger partial charge in [0.25, 0.3) is 0 Å². The van der Waals surface area contributed by atoms with Gasteiger partial charge in [-0.25, -0.2) is 0 Å². The SMILES string of the molecule is CCOC(=O)C[C@H]1C(=O)NCCN1Cc1ccccc1OCC. The second kappa shape index (κ2) is 8.53. The molecule has 1 saturated heterocycles. The van der Waals surface area contributed by atoms with Gasteiger partial charge in [0.05, 0.1) is 19.6 Å². The zero-order chi connectivity index (χ0) is 16.7. The number of carbonyl (C=O) groups excluding carboxylic acids is 2. The number of piperazine rings is 1. The average Bonchev–Trinajstić information content (AvgIpc) is 2.53. The van der Waals surface area contributed by atoms with Crippen molar-refractivity contribution in [2.75, 3.05) is 26.3 Å². The number of nitrogens with zero attached hydrogens (tertiary/aromatic N) is 1. The normalized spacial score (nSPS) is 18.3. The van der Waals surface area contributed by atoms with Crippen molar-refractivity contribution in [3.63, 3.8) is 0 Å². The van der Waals surface area contributed by atoms with Crippen LogP contribution in [0.25, 0.3) is 0 Å². The van der Waals surface area contributed by atoms with Gasteiger partial charge in [-0.3, -0.25) is 14.5 Å². The van der Waals surface area contributed by atoms with E-state index in [1.165, 1.54) is 0 Å². The molecule has 0 aromatic heterocycles. The van der Waals surface area contributed by atoms with Crippen LogP contribution < -0.4 is 10.1 Å². The van der Waals surface area contributed by atoms with Gasteiger partial charge in [0, 0.05) is 25.2 Å². The van der Waals surface area contributed by atoms with Gasteiger partial charge in [0.15, 0.2) is 0 Å². The molecule has 1 aliphatic rings. The maximum atomic E-state index is 12.2. The van der Waals surface area contributed by atoms with E-state index in [1.54, 1.807) is 6.92 Å². The van der Waals surface area contributed by atoms with E-state index in [0.717, 1.165) is 11.3 Å². The molecule has 1 aliphatic heterocycles. The Morgan fingerprint density at radius 2 is 2.09 bits per heavy atom. The zero-order valence-corrected chi connectivity index (χ0v) is 13.7. The van der Waals surface area contributed by atoms with Crippen LogP contribution in [-0.2, 0) is 20.9 Å². The number of nitrogens with one attached hydrogen (secondary N) is 1. The Labute approximate surface area is 136 Å². The maximum Gasteiger partial charge on any atom is 0.307 e. The minimum Gasteiger partial charge on any atom is -0.494 e. The van der Waals surface area contributed by atoms with Crippen molar-refractivity contribution in [2.45, 2.75) is 32.9 Å². The lowest BCUT2D eigenvalue weighted by Crippen LogP contribution is -2.55. The predicted octanol–water partition coefficient (Wildman–Crippen LogP) is 1.34. The van der Waals surface area contributed by atoms with Gasteiger partial charge in [-0.2, -0.15) is 0 Å². The van der Waals surface area contributed by atoms with Gasteiger partial charge in [0.1, 0.15) is 11.8 Å². The molecule has 0 unspecified atom stereocenters. The first-order valence-corrected chi connectivity index (χ1v) is 8.03. The second-order valence-corrected chi connectivity index (χ2v) is 5.33. The van der Waals surface area contributed by atoms with Crippen LogP contribution in [0.2, 0.25) is 0 Å². The molecular weight excluding hydrogens is 296 g/mol. The summed E-state index contributed by atoms with van der Waals surface area (Å²) < 4.78 is 10.6. The van der Waals surface area contributed by atoms with Crippen LogP contribution in [0.3, 0.4) is 0 Å². The smallest absolute Gasteiger partial charge is 0.307 e. The highest BCUT2D eigenvalue weighted by molar-refractivity contribution is 5.87. The minimum absolute atomic E-state index is 0.0659. The lowest BCUT2D eigenvalue weighted by atomic mass is 10.1. The van der Waals surface area contributed by atoms with Crippen molar-refractivity contribution in [3.05, 3.63) is 29.8 Å². The number of hydrogen-bond acceptors (Lipinski definition) is 5. The van der Waals surface area contributed by atoms with Gasteiger partial charge in [-0.1, -0.05) is 18.2 Å². The third kappa shape index (κ3) is 4.69. The molecular formula is C17H24N2O4. The number of benzene rings is 1. The maximum absolute atomic E-state index is 12.2. The molecule has 1 aromatic carbocycles. The molecule has 126 valence electrons. The van der Waals surface area contributed by atoms with Gasteiger partial charge in [-0.15, -0.1) is 0 Å². The van der Waals surface area contributed by atoms with Crippen molar-refractivity contribution in [1.82, 2.24) is 10.2 Å². The van der Waals surface area contributed by atoms with E-state index < -0.39 is 6.04 Å². The molecule has 1 atom stereocenters. The minimum atomic E-state index is -0.502. The predicted molar refractivity (Wildman–Crippen MR) is 86.1 cm³/mol. The standard InChI is InChI=1S/C17H24N2O4/c1-3-22-15-8-6-5-7-13(15)12-19-10-9-18-17(21)14(19)11-16(20)23-4-2/h5-8,14H,3-4,9-12H2,1-2H3,(H,18,21)/t14-/m0/s1. The molecule has 23 heavy (non-hydrogen) atoms. The summed E-state index contributed by atoms with van der Waals surface area (Å²) in [4.78, 5) is 25.9. The van der Waals surface area contributed by atoms with Gasteiger partial charge in [0.2, 0.25) is 5.91 Å². The molecule has 1 fully saturated rings. The van der Waals surface area contributed by atoms with E-state index in [4.69, 9.17) is 9.47 Å². The van der Waals surface area contributed by atoms with Crippen LogP contribution >= 0.6 is 0 Å².